The predicted molar refractivity (Wildman–Crippen MR) is 108 cm³/mol. The van der Waals surface area contributed by atoms with Gasteiger partial charge in [-0.25, -0.2) is 0 Å². The normalized spacial score (nSPS) is 17.0. The fraction of sp³-hybridized carbons (Fsp3) is 0.304. The summed E-state index contributed by atoms with van der Waals surface area (Å²) in [6, 6.07) is 20.4. The number of piperazine rings is 1. The SMILES string of the molecule is C=C(C)C[C@H](c1cc2ccccc2c2ccccc12)N1CCNCC1. The Kier molecular flexibility index (Phi) is 4.56. The van der Waals surface area contributed by atoms with Crippen molar-refractivity contribution in [1.82, 2.24) is 10.2 Å². The third kappa shape index (κ3) is 3.20. The van der Waals surface area contributed by atoms with E-state index in [-0.39, 0.29) is 0 Å². The summed E-state index contributed by atoms with van der Waals surface area (Å²) in [5.74, 6) is 0. The van der Waals surface area contributed by atoms with Crippen LogP contribution in [0.5, 0.6) is 0 Å². The van der Waals surface area contributed by atoms with E-state index in [1.807, 2.05) is 0 Å². The van der Waals surface area contributed by atoms with E-state index in [9.17, 15) is 0 Å². The van der Waals surface area contributed by atoms with Crippen molar-refractivity contribution in [1.29, 1.82) is 0 Å². The molecule has 0 aliphatic carbocycles. The Balaban J connectivity index is 1.92. The van der Waals surface area contributed by atoms with Gasteiger partial charge in [0.2, 0.25) is 0 Å². The molecule has 1 heterocycles. The number of fused-ring (bicyclic) bond motifs is 3. The van der Waals surface area contributed by atoms with Crippen LogP contribution in [0.3, 0.4) is 0 Å². The highest BCUT2D eigenvalue weighted by Gasteiger charge is 2.24. The Bertz CT molecular complexity index is 906. The molecule has 1 aliphatic heterocycles. The summed E-state index contributed by atoms with van der Waals surface area (Å²) < 4.78 is 0. The smallest absolute Gasteiger partial charge is 0.0392 e. The van der Waals surface area contributed by atoms with E-state index >= 15 is 0 Å². The van der Waals surface area contributed by atoms with E-state index < -0.39 is 0 Å². The second-order valence-corrected chi connectivity index (χ2v) is 7.20. The Hall–Kier alpha value is -2.16. The molecule has 1 N–H and O–H groups in total. The van der Waals surface area contributed by atoms with Crippen molar-refractivity contribution >= 4 is 21.5 Å². The highest BCUT2D eigenvalue weighted by molar-refractivity contribution is 6.09. The maximum Gasteiger partial charge on any atom is 0.0392 e. The van der Waals surface area contributed by atoms with Crippen LogP contribution in [-0.4, -0.2) is 31.1 Å². The van der Waals surface area contributed by atoms with E-state index in [0.29, 0.717) is 6.04 Å². The van der Waals surface area contributed by atoms with E-state index in [0.717, 1.165) is 32.6 Å². The lowest BCUT2D eigenvalue weighted by Crippen LogP contribution is -2.45. The second kappa shape index (κ2) is 6.99. The molecule has 0 amide bonds. The highest BCUT2D eigenvalue weighted by Crippen LogP contribution is 2.36. The van der Waals surface area contributed by atoms with Crippen LogP contribution in [0.2, 0.25) is 0 Å². The van der Waals surface area contributed by atoms with E-state index in [2.05, 4.69) is 78.3 Å². The zero-order valence-electron chi connectivity index (χ0n) is 15.0. The van der Waals surface area contributed by atoms with Gasteiger partial charge < -0.3 is 5.32 Å². The van der Waals surface area contributed by atoms with Crippen molar-refractivity contribution in [3.8, 4) is 0 Å². The van der Waals surface area contributed by atoms with Gasteiger partial charge in [0.1, 0.15) is 0 Å². The Morgan fingerprint density at radius 1 is 1.00 bits per heavy atom. The first kappa shape index (κ1) is 16.3. The molecule has 3 aromatic carbocycles. The van der Waals surface area contributed by atoms with Crippen molar-refractivity contribution in [3.05, 3.63) is 72.3 Å². The molecule has 2 nitrogen and oxygen atoms in total. The fourth-order valence-corrected chi connectivity index (χ4v) is 4.12. The Morgan fingerprint density at radius 3 is 2.36 bits per heavy atom. The quantitative estimate of drug-likeness (QED) is 0.540. The zero-order valence-corrected chi connectivity index (χ0v) is 15.0. The molecule has 0 unspecified atom stereocenters. The highest BCUT2D eigenvalue weighted by atomic mass is 15.2. The van der Waals surface area contributed by atoms with E-state index in [1.165, 1.54) is 32.7 Å². The van der Waals surface area contributed by atoms with E-state index in [4.69, 9.17) is 0 Å². The van der Waals surface area contributed by atoms with Crippen LogP contribution in [-0.2, 0) is 0 Å². The molecule has 3 aromatic rings. The molecule has 1 saturated heterocycles. The maximum atomic E-state index is 4.22. The van der Waals surface area contributed by atoms with Crippen LogP contribution >= 0.6 is 0 Å². The minimum absolute atomic E-state index is 0.397. The molecule has 128 valence electrons. The van der Waals surface area contributed by atoms with Crippen LogP contribution in [0, 0.1) is 0 Å². The van der Waals surface area contributed by atoms with Gasteiger partial charge in [0.15, 0.2) is 0 Å². The molecule has 0 bridgehead atoms. The predicted octanol–water partition coefficient (Wildman–Crippen LogP) is 4.91. The number of nitrogens with one attached hydrogen (secondary N) is 1. The van der Waals surface area contributed by atoms with Crippen LogP contribution in [0.4, 0.5) is 0 Å². The lowest BCUT2D eigenvalue weighted by Gasteiger charge is -2.36. The molecule has 0 spiro atoms. The molecule has 1 aliphatic rings. The molecule has 1 atom stereocenters. The summed E-state index contributed by atoms with van der Waals surface area (Å²) in [5.41, 5.74) is 2.69. The van der Waals surface area contributed by atoms with Crippen LogP contribution in [0.15, 0.2) is 66.7 Å². The van der Waals surface area contributed by atoms with Gasteiger partial charge in [0, 0.05) is 32.2 Å². The molecule has 0 saturated carbocycles. The third-order valence-corrected chi connectivity index (χ3v) is 5.29. The number of nitrogens with zero attached hydrogens (tertiary/aromatic N) is 1. The largest absolute Gasteiger partial charge is 0.314 e. The molecule has 25 heavy (non-hydrogen) atoms. The van der Waals surface area contributed by atoms with Gasteiger partial charge >= 0.3 is 0 Å². The average Bonchev–Trinajstić information content (AvgIpc) is 2.66. The Labute approximate surface area is 150 Å². The lowest BCUT2D eigenvalue weighted by molar-refractivity contribution is 0.173. The van der Waals surface area contributed by atoms with Crippen molar-refractivity contribution in [2.75, 3.05) is 26.2 Å². The number of hydrogen-bond acceptors (Lipinski definition) is 2. The van der Waals surface area contributed by atoms with Crippen molar-refractivity contribution in [2.45, 2.75) is 19.4 Å². The minimum Gasteiger partial charge on any atom is -0.314 e. The van der Waals surface area contributed by atoms with Gasteiger partial charge in [-0.1, -0.05) is 54.1 Å². The standard InChI is InChI=1S/C23H26N2/c1-17(2)15-23(25-13-11-24-12-14-25)22-16-18-7-3-4-8-19(18)20-9-5-6-10-21(20)22/h3-10,16,23-24H,1,11-15H2,2H3/t23-/m1/s1. The van der Waals surface area contributed by atoms with Crippen molar-refractivity contribution < 1.29 is 0 Å². The average molecular weight is 330 g/mol. The van der Waals surface area contributed by atoms with Crippen LogP contribution in [0.25, 0.3) is 21.5 Å². The first-order valence-corrected chi connectivity index (χ1v) is 9.23. The number of hydrogen-bond donors (Lipinski definition) is 1. The summed E-state index contributed by atoms with van der Waals surface area (Å²) in [6.45, 7) is 10.7. The third-order valence-electron chi connectivity index (χ3n) is 5.29. The second-order valence-electron chi connectivity index (χ2n) is 7.20. The van der Waals surface area contributed by atoms with E-state index in [1.54, 1.807) is 0 Å². The van der Waals surface area contributed by atoms with Gasteiger partial charge in [-0.15, -0.1) is 6.58 Å². The first-order chi connectivity index (χ1) is 12.2. The molecule has 1 fully saturated rings. The van der Waals surface area contributed by atoms with Crippen LogP contribution in [0.1, 0.15) is 24.9 Å². The van der Waals surface area contributed by atoms with Gasteiger partial charge in [-0.05, 0) is 46.5 Å². The van der Waals surface area contributed by atoms with Gasteiger partial charge in [-0.2, -0.15) is 0 Å². The summed E-state index contributed by atoms with van der Waals surface area (Å²) >= 11 is 0. The summed E-state index contributed by atoms with van der Waals surface area (Å²) in [7, 11) is 0. The van der Waals surface area contributed by atoms with Crippen molar-refractivity contribution in [2.24, 2.45) is 0 Å². The molecule has 0 radical (unpaired) electrons. The van der Waals surface area contributed by atoms with Gasteiger partial charge in [-0.3, -0.25) is 4.90 Å². The maximum absolute atomic E-state index is 4.22. The molecular formula is C23H26N2. The Morgan fingerprint density at radius 2 is 1.64 bits per heavy atom. The van der Waals surface area contributed by atoms with Gasteiger partial charge in [0.25, 0.3) is 0 Å². The first-order valence-electron chi connectivity index (χ1n) is 9.23. The monoisotopic (exact) mass is 330 g/mol. The number of benzene rings is 3. The molecule has 4 rings (SSSR count). The van der Waals surface area contributed by atoms with Crippen LogP contribution < -0.4 is 5.32 Å². The van der Waals surface area contributed by atoms with Crippen molar-refractivity contribution in [3.63, 3.8) is 0 Å². The summed E-state index contributed by atoms with van der Waals surface area (Å²) in [4.78, 5) is 2.63. The zero-order chi connectivity index (χ0) is 17.2. The topological polar surface area (TPSA) is 15.3 Å². The summed E-state index contributed by atoms with van der Waals surface area (Å²) in [6.07, 6.45) is 1.02. The molecule has 2 heteroatoms. The molecular weight excluding hydrogens is 304 g/mol. The number of rotatable bonds is 4. The molecule has 0 aromatic heterocycles. The lowest BCUT2D eigenvalue weighted by atomic mass is 9.90. The van der Waals surface area contributed by atoms with Gasteiger partial charge in [0.05, 0.1) is 0 Å². The minimum atomic E-state index is 0.397. The summed E-state index contributed by atoms with van der Waals surface area (Å²) in [5, 5.41) is 8.89. The fourth-order valence-electron chi connectivity index (χ4n) is 4.12.